The van der Waals surface area contributed by atoms with Crippen molar-refractivity contribution in [2.45, 2.75) is 20.5 Å². The monoisotopic (exact) mass is 447 g/mol. The Hall–Kier alpha value is -3.91. The standard InChI is InChI=1S/C24H21N3O4S/c1-15-21(16(2)31-27-15)14-30-20-6-3-5-17(13-20)23(28)25-18-8-10-19(11-9-18)26-24(29)22-7-4-12-32-22/h3-13H,14H2,1-2H3,(H,25,28)(H,26,29). The second kappa shape index (κ2) is 9.49. The molecule has 2 N–H and O–H groups in total. The lowest BCUT2D eigenvalue weighted by Crippen LogP contribution is -2.13. The molecule has 162 valence electrons. The molecular weight excluding hydrogens is 426 g/mol. The maximum absolute atomic E-state index is 12.7. The van der Waals surface area contributed by atoms with Gasteiger partial charge in [0.2, 0.25) is 0 Å². The van der Waals surface area contributed by atoms with Crippen LogP contribution in [0, 0.1) is 13.8 Å². The van der Waals surface area contributed by atoms with Crippen LogP contribution in [0.3, 0.4) is 0 Å². The van der Waals surface area contributed by atoms with Gasteiger partial charge in [-0.15, -0.1) is 11.3 Å². The van der Waals surface area contributed by atoms with Gasteiger partial charge in [-0.1, -0.05) is 17.3 Å². The molecule has 2 aromatic heterocycles. The molecule has 0 unspecified atom stereocenters. The smallest absolute Gasteiger partial charge is 0.265 e. The summed E-state index contributed by atoms with van der Waals surface area (Å²) in [4.78, 5) is 25.4. The van der Waals surface area contributed by atoms with Gasteiger partial charge in [0.25, 0.3) is 11.8 Å². The lowest BCUT2D eigenvalue weighted by Gasteiger charge is -2.10. The van der Waals surface area contributed by atoms with Gasteiger partial charge < -0.3 is 19.9 Å². The summed E-state index contributed by atoms with van der Waals surface area (Å²) < 4.78 is 11.0. The van der Waals surface area contributed by atoms with Crippen LogP contribution in [0.1, 0.15) is 37.0 Å². The molecule has 4 aromatic rings. The highest BCUT2D eigenvalue weighted by atomic mass is 32.1. The number of aryl methyl sites for hydroxylation is 2. The summed E-state index contributed by atoms with van der Waals surface area (Å²) in [6.45, 7) is 4.00. The second-order valence-electron chi connectivity index (χ2n) is 7.08. The topological polar surface area (TPSA) is 93.5 Å². The highest BCUT2D eigenvalue weighted by molar-refractivity contribution is 7.12. The van der Waals surface area contributed by atoms with E-state index in [9.17, 15) is 9.59 Å². The molecule has 0 aliphatic carbocycles. The number of benzene rings is 2. The molecule has 0 aliphatic heterocycles. The Bertz CT molecular complexity index is 1210. The van der Waals surface area contributed by atoms with Crippen molar-refractivity contribution in [3.63, 3.8) is 0 Å². The Morgan fingerprint density at radius 3 is 2.31 bits per heavy atom. The molecule has 0 atom stereocenters. The van der Waals surface area contributed by atoms with E-state index in [0.717, 1.165) is 11.3 Å². The first-order valence-electron chi connectivity index (χ1n) is 9.90. The number of carbonyl (C=O) groups is 2. The molecule has 0 aliphatic rings. The molecule has 0 saturated heterocycles. The summed E-state index contributed by atoms with van der Waals surface area (Å²) >= 11 is 1.38. The fourth-order valence-corrected chi connectivity index (χ4v) is 3.65. The van der Waals surface area contributed by atoms with Crippen molar-refractivity contribution in [1.82, 2.24) is 5.16 Å². The van der Waals surface area contributed by atoms with E-state index in [4.69, 9.17) is 9.26 Å². The van der Waals surface area contributed by atoms with Crippen molar-refractivity contribution in [1.29, 1.82) is 0 Å². The van der Waals surface area contributed by atoms with Gasteiger partial charge >= 0.3 is 0 Å². The number of aromatic nitrogens is 1. The van der Waals surface area contributed by atoms with E-state index < -0.39 is 0 Å². The molecule has 0 radical (unpaired) electrons. The molecule has 0 saturated carbocycles. The minimum atomic E-state index is -0.261. The number of nitrogens with zero attached hydrogens (tertiary/aromatic N) is 1. The van der Waals surface area contributed by atoms with Crippen molar-refractivity contribution >= 4 is 34.5 Å². The van der Waals surface area contributed by atoms with Crippen molar-refractivity contribution < 1.29 is 18.8 Å². The van der Waals surface area contributed by atoms with Crippen LogP contribution >= 0.6 is 11.3 Å². The zero-order valence-electron chi connectivity index (χ0n) is 17.5. The lowest BCUT2D eigenvalue weighted by molar-refractivity contribution is 0.102. The molecule has 8 heteroatoms. The third kappa shape index (κ3) is 5.04. The average molecular weight is 448 g/mol. The van der Waals surface area contributed by atoms with E-state index >= 15 is 0 Å². The SMILES string of the molecule is Cc1noc(C)c1COc1cccc(C(=O)Nc2ccc(NC(=O)c3cccs3)cc2)c1. The summed E-state index contributed by atoms with van der Waals surface area (Å²) in [5.74, 6) is 0.865. The first kappa shape index (κ1) is 21.3. The number of thiophene rings is 1. The molecule has 0 bridgehead atoms. The molecule has 2 aromatic carbocycles. The van der Waals surface area contributed by atoms with Crippen molar-refractivity contribution in [2.75, 3.05) is 10.6 Å². The number of nitrogens with one attached hydrogen (secondary N) is 2. The second-order valence-corrected chi connectivity index (χ2v) is 8.03. The van der Waals surface area contributed by atoms with Crippen LogP contribution in [-0.4, -0.2) is 17.0 Å². The summed E-state index contributed by atoms with van der Waals surface area (Å²) in [7, 11) is 0. The third-order valence-electron chi connectivity index (χ3n) is 4.81. The molecule has 2 heterocycles. The normalized spacial score (nSPS) is 10.6. The molecule has 32 heavy (non-hydrogen) atoms. The molecular formula is C24H21N3O4S. The Morgan fingerprint density at radius 2 is 1.69 bits per heavy atom. The summed E-state index contributed by atoms with van der Waals surface area (Å²) in [5.41, 5.74) is 3.41. The Balaban J connectivity index is 1.36. The van der Waals surface area contributed by atoms with Gasteiger partial charge in [-0.3, -0.25) is 9.59 Å². The maximum Gasteiger partial charge on any atom is 0.265 e. The zero-order chi connectivity index (χ0) is 22.5. The number of rotatable bonds is 7. The Kier molecular flexibility index (Phi) is 6.32. The first-order valence-corrected chi connectivity index (χ1v) is 10.8. The molecule has 0 spiro atoms. The summed E-state index contributed by atoms with van der Waals surface area (Å²) in [6.07, 6.45) is 0. The van der Waals surface area contributed by atoms with E-state index in [1.165, 1.54) is 11.3 Å². The van der Waals surface area contributed by atoms with Crippen LogP contribution in [0.2, 0.25) is 0 Å². The van der Waals surface area contributed by atoms with E-state index in [2.05, 4.69) is 15.8 Å². The van der Waals surface area contributed by atoms with Crippen LogP contribution in [0.25, 0.3) is 0 Å². The first-order chi connectivity index (χ1) is 15.5. The lowest BCUT2D eigenvalue weighted by atomic mass is 10.2. The minimum absolute atomic E-state index is 0.162. The number of ether oxygens (including phenoxy) is 1. The Labute approximate surface area is 189 Å². The van der Waals surface area contributed by atoms with Crippen LogP contribution in [0.4, 0.5) is 11.4 Å². The van der Waals surface area contributed by atoms with Gasteiger partial charge in [-0.05, 0) is 67.8 Å². The van der Waals surface area contributed by atoms with Gasteiger partial charge in [0.15, 0.2) is 0 Å². The van der Waals surface area contributed by atoms with E-state index in [1.54, 1.807) is 54.6 Å². The largest absolute Gasteiger partial charge is 0.489 e. The van der Waals surface area contributed by atoms with Crippen LogP contribution in [0.15, 0.2) is 70.6 Å². The number of anilines is 2. The van der Waals surface area contributed by atoms with Gasteiger partial charge in [0, 0.05) is 16.9 Å². The molecule has 2 amide bonds. The van der Waals surface area contributed by atoms with Gasteiger partial charge in [0.05, 0.1) is 16.1 Å². The number of hydrogen-bond acceptors (Lipinski definition) is 6. The molecule has 7 nitrogen and oxygen atoms in total. The van der Waals surface area contributed by atoms with Crippen molar-refractivity contribution in [3.8, 4) is 5.75 Å². The predicted molar refractivity (Wildman–Crippen MR) is 123 cm³/mol. The van der Waals surface area contributed by atoms with Crippen LogP contribution in [0.5, 0.6) is 5.75 Å². The quantitative estimate of drug-likeness (QED) is 0.394. The van der Waals surface area contributed by atoms with E-state index in [-0.39, 0.29) is 11.8 Å². The van der Waals surface area contributed by atoms with Crippen LogP contribution < -0.4 is 15.4 Å². The Morgan fingerprint density at radius 1 is 0.969 bits per heavy atom. The van der Waals surface area contributed by atoms with Crippen molar-refractivity contribution in [2.24, 2.45) is 0 Å². The predicted octanol–water partition coefficient (Wildman–Crippen LogP) is 5.44. The molecule has 4 rings (SSSR count). The fourth-order valence-electron chi connectivity index (χ4n) is 3.03. The van der Waals surface area contributed by atoms with Gasteiger partial charge in [0.1, 0.15) is 18.1 Å². The fraction of sp³-hybridized carbons (Fsp3) is 0.125. The molecule has 0 fully saturated rings. The highest BCUT2D eigenvalue weighted by Gasteiger charge is 2.12. The maximum atomic E-state index is 12.7. The average Bonchev–Trinajstić information content (AvgIpc) is 3.44. The van der Waals surface area contributed by atoms with Gasteiger partial charge in [-0.25, -0.2) is 0 Å². The third-order valence-corrected chi connectivity index (χ3v) is 5.67. The van der Waals surface area contributed by atoms with Crippen LogP contribution in [-0.2, 0) is 6.61 Å². The van der Waals surface area contributed by atoms with Gasteiger partial charge in [-0.2, -0.15) is 0 Å². The number of amides is 2. The summed E-state index contributed by atoms with van der Waals surface area (Å²) in [5, 5.41) is 11.4. The minimum Gasteiger partial charge on any atom is -0.489 e. The highest BCUT2D eigenvalue weighted by Crippen LogP contribution is 2.20. The van der Waals surface area contributed by atoms with E-state index in [1.807, 2.05) is 25.3 Å². The summed E-state index contributed by atoms with van der Waals surface area (Å²) in [6, 6.07) is 17.5. The number of carbonyl (C=O) groups excluding carboxylic acids is 2. The van der Waals surface area contributed by atoms with E-state index in [0.29, 0.717) is 39.9 Å². The number of hydrogen-bond donors (Lipinski definition) is 2. The zero-order valence-corrected chi connectivity index (χ0v) is 18.4. The van der Waals surface area contributed by atoms with Crippen molar-refractivity contribution in [3.05, 3.63) is 93.5 Å².